The van der Waals surface area contributed by atoms with Crippen LogP contribution in [-0.2, 0) is 4.79 Å². The number of hydrogen-bond donors (Lipinski definition) is 3. The number of amides is 1. The number of nitrogen functional groups attached to an aromatic ring is 1. The molecule has 1 saturated heterocycles. The summed E-state index contributed by atoms with van der Waals surface area (Å²) in [5.74, 6) is 6.03. The molecule has 0 saturated carbocycles. The van der Waals surface area contributed by atoms with Crippen LogP contribution in [-0.4, -0.2) is 30.5 Å². The minimum Gasteiger partial charge on any atom is -0.369 e. The lowest BCUT2D eigenvalue weighted by Crippen LogP contribution is -2.28. The maximum Gasteiger partial charge on any atom is 0.221 e. The standard InChI is InChI=1S/C10H15N5O/c11-14-9-7-8(1-3-12-9)15-5-2-10(16)13-4-6-15/h1,3,7H,2,4-6,11H2,(H,12,14)(H,13,16). The van der Waals surface area contributed by atoms with Crippen molar-refractivity contribution in [1.29, 1.82) is 0 Å². The summed E-state index contributed by atoms with van der Waals surface area (Å²) >= 11 is 0. The fraction of sp³-hybridized carbons (Fsp3) is 0.400. The first-order chi connectivity index (χ1) is 7.79. The molecule has 1 fully saturated rings. The quantitative estimate of drug-likeness (QED) is 0.471. The Kier molecular flexibility index (Phi) is 3.21. The molecule has 1 aromatic heterocycles. The number of carbonyl (C=O) groups is 1. The topological polar surface area (TPSA) is 83.3 Å². The molecule has 1 amide bonds. The first-order valence-electron chi connectivity index (χ1n) is 5.24. The number of rotatable bonds is 2. The van der Waals surface area contributed by atoms with Gasteiger partial charge in [-0.15, -0.1) is 0 Å². The number of anilines is 2. The Morgan fingerprint density at radius 2 is 2.38 bits per heavy atom. The molecule has 0 aliphatic carbocycles. The van der Waals surface area contributed by atoms with Crippen LogP contribution in [0.5, 0.6) is 0 Å². The fourth-order valence-corrected chi connectivity index (χ4v) is 1.72. The third-order valence-electron chi connectivity index (χ3n) is 2.57. The van der Waals surface area contributed by atoms with Crippen molar-refractivity contribution < 1.29 is 4.79 Å². The zero-order valence-electron chi connectivity index (χ0n) is 8.94. The van der Waals surface area contributed by atoms with Crippen molar-refractivity contribution in [3.63, 3.8) is 0 Å². The molecule has 1 aliphatic rings. The van der Waals surface area contributed by atoms with Gasteiger partial charge >= 0.3 is 0 Å². The van der Waals surface area contributed by atoms with Crippen LogP contribution in [0.1, 0.15) is 6.42 Å². The summed E-state index contributed by atoms with van der Waals surface area (Å²) in [6.07, 6.45) is 2.22. The Hall–Kier alpha value is -1.82. The molecule has 4 N–H and O–H groups in total. The van der Waals surface area contributed by atoms with E-state index in [4.69, 9.17) is 5.84 Å². The Morgan fingerprint density at radius 3 is 3.19 bits per heavy atom. The Labute approximate surface area is 93.8 Å². The lowest BCUT2D eigenvalue weighted by Gasteiger charge is -2.21. The SMILES string of the molecule is NNc1cc(N2CCNC(=O)CC2)ccn1. The van der Waals surface area contributed by atoms with E-state index in [-0.39, 0.29) is 5.91 Å². The number of carbonyl (C=O) groups excluding carboxylic acids is 1. The summed E-state index contributed by atoms with van der Waals surface area (Å²) in [5.41, 5.74) is 3.54. The van der Waals surface area contributed by atoms with Crippen LogP contribution in [0.15, 0.2) is 18.3 Å². The van der Waals surface area contributed by atoms with Gasteiger partial charge in [0, 0.05) is 44.0 Å². The van der Waals surface area contributed by atoms with Crippen LogP contribution in [0, 0.1) is 0 Å². The van der Waals surface area contributed by atoms with Crippen LogP contribution in [0.25, 0.3) is 0 Å². The second-order valence-corrected chi connectivity index (χ2v) is 3.63. The van der Waals surface area contributed by atoms with E-state index in [0.717, 1.165) is 18.8 Å². The van der Waals surface area contributed by atoms with Crippen molar-refractivity contribution in [2.24, 2.45) is 5.84 Å². The number of aromatic nitrogens is 1. The van der Waals surface area contributed by atoms with Crippen molar-refractivity contribution in [2.75, 3.05) is 30.0 Å². The molecule has 0 unspecified atom stereocenters. The molecule has 0 atom stereocenters. The molecule has 2 rings (SSSR count). The zero-order valence-corrected chi connectivity index (χ0v) is 8.94. The molecule has 0 aromatic carbocycles. The monoisotopic (exact) mass is 221 g/mol. The highest BCUT2D eigenvalue weighted by Gasteiger charge is 2.13. The molecule has 2 heterocycles. The van der Waals surface area contributed by atoms with Gasteiger partial charge in [-0.3, -0.25) is 4.79 Å². The summed E-state index contributed by atoms with van der Waals surface area (Å²) in [6, 6.07) is 3.78. The minimum absolute atomic E-state index is 0.105. The predicted molar refractivity (Wildman–Crippen MR) is 61.9 cm³/mol. The normalized spacial score (nSPS) is 16.6. The molecular formula is C10H15N5O. The van der Waals surface area contributed by atoms with Gasteiger partial charge in [-0.25, -0.2) is 10.8 Å². The van der Waals surface area contributed by atoms with E-state index in [9.17, 15) is 4.79 Å². The average Bonchev–Trinajstić information content (AvgIpc) is 2.54. The summed E-state index contributed by atoms with van der Waals surface area (Å²) in [4.78, 5) is 17.4. The number of pyridine rings is 1. The maximum atomic E-state index is 11.2. The van der Waals surface area contributed by atoms with Gasteiger partial charge in [0.25, 0.3) is 0 Å². The van der Waals surface area contributed by atoms with Crippen molar-refractivity contribution >= 4 is 17.4 Å². The van der Waals surface area contributed by atoms with Gasteiger partial charge in [-0.1, -0.05) is 0 Å². The van der Waals surface area contributed by atoms with Crippen molar-refractivity contribution in [2.45, 2.75) is 6.42 Å². The molecule has 1 aromatic rings. The molecule has 86 valence electrons. The Bertz CT molecular complexity index is 381. The Morgan fingerprint density at radius 1 is 1.50 bits per heavy atom. The number of hydrazine groups is 1. The molecular weight excluding hydrogens is 206 g/mol. The van der Waals surface area contributed by atoms with Crippen LogP contribution in [0.2, 0.25) is 0 Å². The van der Waals surface area contributed by atoms with Gasteiger partial charge in [0.15, 0.2) is 0 Å². The second-order valence-electron chi connectivity index (χ2n) is 3.63. The van der Waals surface area contributed by atoms with Gasteiger partial charge in [0.2, 0.25) is 5.91 Å². The van der Waals surface area contributed by atoms with E-state index in [2.05, 4.69) is 20.6 Å². The van der Waals surface area contributed by atoms with Crippen LogP contribution in [0.4, 0.5) is 11.5 Å². The van der Waals surface area contributed by atoms with Crippen molar-refractivity contribution in [3.05, 3.63) is 18.3 Å². The molecule has 0 bridgehead atoms. The zero-order chi connectivity index (χ0) is 11.4. The lowest BCUT2D eigenvalue weighted by molar-refractivity contribution is -0.120. The van der Waals surface area contributed by atoms with Gasteiger partial charge in [-0.05, 0) is 6.07 Å². The van der Waals surface area contributed by atoms with E-state index in [1.807, 2.05) is 12.1 Å². The van der Waals surface area contributed by atoms with Gasteiger partial charge < -0.3 is 15.6 Å². The molecule has 6 heteroatoms. The van der Waals surface area contributed by atoms with E-state index < -0.39 is 0 Å². The predicted octanol–water partition coefficient (Wildman–Crippen LogP) is -0.306. The van der Waals surface area contributed by atoms with Gasteiger partial charge in [-0.2, -0.15) is 0 Å². The number of hydrogen-bond acceptors (Lipinski definition) is 5. The largest absolute Gasteiger partial charge is 0.369 e. The van der Waals surface area contributed by atoms with Crippen LogP contribution < -0.4 is 21.5 Å². The van der Waals surface area contributed by atoms with Gasteiger partial charge in [0.05, 0.1) is 0 Å². The number of nitrogens with one attached hydrogen (secondary N) is 2. The third-order valence-corrected chi connectivity index (χ3v) is 2.57. The van der Waals surface area contributed by atoms with Gasteiger partial charge in [0.1, 0.15) is 5.82 Å². The van der Waals surface area contributed by atoms with E-state index in [1.165, 1.54) is 0 Å². The average molecular weight is 221 g/mol. The molecule has 6 nitrogen and oxygen atoms in total. The second kappa shape index (κ2) is 4.80. The molecule has 0 spiro atoms. The molecule has 16 heavy (non-hydrogen) atoms. The first kappa shape index (κ1) is 10.7. The summed E-state index contributed by atoms with van der Waals surface area (Å²) < 4.78 is 0. The highest BCUT2D eigenvalue weighted by Crippen LogP contribution is 2.17. The summed E-state index contributed by atoms with van der Waals surface area (Å²) in [7, 11) is 0. The van der Waals surface area contributed by atoms with Crippen LogP contribution in [0.3, 0.4) is 0 Å². The number of nitrogens with zero attached hydrogens (tertiary/aromatic N) is 2. The highest BCUT2D eigenvalue weighted by molar-refractivity contribution is 5.77. The highest BCUT2D eigenvalue weighted by atomic mass is 16.1. The first-order valence-corrected chi connectivity index (χ1v) is 5.24. The maximum absolute atomic E-state index is 11.2. The van der Waals surface area contributed by atoms with Crippen molar-refractivity contribution in [1.82, 2.24) is 10.3 Å². The van der Waals surface area contributed by atoms with Crippen LogP contribution >= 0.6 is 0 Å². The smallest absolute Gasteiger partial charge is 0.221 e. The Balaban J connectivity index is 2.13. The molecule has 0 radical (unpaired) electrons. The summed E-state index contributed by atoms with van der Waals surface area (Å²) in [6.45, 7) is 2.20. The summed E-state index contributed by atoms with van der Waals surface area (Å²) in [5, 5.41) is 2.84. The number of nitrogens with two attached hydrogens (primary N) is 1. The minimum atomic E-state index is 0.105. The van der Waals surface area contributed by atoms with E-state index in [1.54, 1.807) is 6.20 Å². The lowest BCUT2D eigenvalue weighted by atomic mass is 10.3. The fourth-order valence-electron chi connectivity index (χ4n) is 1.72. The van der Waals surface area contributed by atoms with Crippen molar-refractivity contribution in [3.8, 4) is 0 Å². The van der Waals surface area contributed by atoms with E-state index >= 15 is 0 Å². The third kappa shape index (κ3) is 2.40. The van der Waals surface area contributed by atoms with E-state index in [0.29, 0.717) is 18.8 Å². The molecule has 1 aliphatic heterocycles.